The second kappa shape index (κ2) is 7.82. The van der Waals surface area contributed by atoms with Gasteiger partial charge in [-0.05, 0) is 21.6 Å². The highest BCUT2D eigenvalue weighted by molar-refractivity contribution is 7.11. The lowest BCUT2D eigenvalue weighted by molar-refractivity contribution is -0.623. The molecule has 0 saturated carbocycles. The molecule has 1 heterocycles. The number of benzene rings is 4. The minimum Gasteiger partial charge on any atom is -0.371 e. The molecule has 0 atom stereocenters. The normalized spacial score (nSPS) is 11.5. The monoisotopic (exact) mass is 420 g/mol. The van der Waals surface area contributed by atoms with Crippen LogP contribution in [0.4, 0.5) is 0 Å². The number of rotatable bonds is 4. The van der Waals surface area contributed by atoms with Gasteiger partial charge in [0.1, 0.15) is 8.07 Å². The van der Waals surface area contributed by atoms with Gasteiger partial charge in [-0.15, -0.1) is 0 Å². The van der Waals surface area contributed by atoms with Crippen molar-refractivity contribution in [1.29, 1.82) is 0 Å². The van der Waals surface area contributed by atoms with E-state index in [0.29, 0.717) is 5.58 Å². The molecule has 4 heteroatoms. The van der Waals surface area contributed by atoms with Crippen LogP contribution in [0.25, 0.3) is 16.7 Å². The number of fused-ring (bicyclic) bond motifs is 1. The summed E-state index contributed by atoms with van der Waals surface area (Å²) in [6.07, 6.45) is 1.88. The topological polar surface area (TPSA) is 34.1 Å². The fraction of sp³-hybridized carbons (Fsp3) is 0.0370. The Balaban J connectivity index is 1.80. The third-order valence-electron chi connectivity index (χ3n) is 5.98. The Kier molecular flexibility index (Phi) is 4.84. The average molecular weight is 421 g/mol. The Bertz CT molecular complexity index is 1360. The van der Waals surface area contributed by atoms with Crippen LogP contribution in [-0.4, -0.2) is 8.07 Å². The Morgan fingerprint density at radius 3 is 1.81 bits per heavy atom. The van der Waals surface area contributed by atoms with E-state index in [4.69, 9.17) is 4.42 Å². The summed E-state index contributed by atoms with van der Waals surface area (Å²) in [4.78, 5) is 13.0. The van der Waals surface area contributed by atoms with E-state index in [1.54, 1.807) is 4.57 Å². The van der Waals surface area contributed by atoms with Crippen LogP contribution in [0.5, 0.6) is 0 Å². The van der Waals surface area contributed by atoms with Crippen LogP contribution in [0.3, 0.4) is 0 Å². The lowest BCUT2D eigenvalue weighted by Gasteiger charge is -2.29. The van der Waals surface area contributed by atoms with Gasteiger partial charge in [-0.3, -0.25) is 0 Å². The molecule has 3 nitrogen and oxygen atoms in total. The van der Waals surface area contributed by atoms with Crippen molar-refractivity contribution >= 4 is 34.6 Å². The van der Waals surface area contributed by atoms with Crippen molar-refractivity contribution in [2.45, 2.75) is 6.55 Å². The zero-order valence-corrected chi connectivity index (χ0v) is 18.2. The lowest BCUT2D eigenvalue weighted by Crippen LogP contribution is -2.65. The van der Waals surface area contributed by atoms with Crippen LogP contribution in [0.2, 0.25) is 6.55 Å². The van der Waals surface area contributed by atoms with Crippen LogP contribution >= 0.6 is 0 Å². The van der Waals surface area contributed by atoms with E-state index in [2.05, 4.69) is 67.2 Å². The van der Waals surface area contributed by atoms with Gasteiger partial charge in [-0.2, -0.15) is 4.79 Å². The molecule has 0 radical (unpaired) electrons. The fourth-order valence-electron chi connectivity index (χ4n) is 4.28. The summed E-state index contributed by atoms with van der Waals surface area (Å²) in [5, 5.41) is 4.55. The van der Waals surface area contributed by atoms with E-state index < -0.39 is 8.07 Å². The number of aromatic nitrogens is 1. The van der Waals surface area contributed by atoms with Gasteiger partial charge in [-0.1, -0.05) is 102 Å². The van der Waals surface area contributed by atoms with Gasteiger partial charge in [0.2, 0.25) is 5.69 Å². The maximum atomic E-state index is 13.0. The van der Waals surface area contributed by atoms with Gasteiger partial charge >= 0.3 is 5.76 Å². The first-order chi connectivity index (χ1) is 15.2. The van der Waals surface area contributed by atoms with Crippen molar-refractivity contribution in [2.24, 2.45) is 0 Å². The maximum Gasteiger partial charge on any atom is 0.608 e. The van der Waals surface area contributed by atoms with Crippen LogP contribution in [0.15, 0.2) is 125 Å². The second-order valence-corrected chi connectivity index (χ2v) is 11.7. The van der Waals surface area contributed by atoms with Gasteiger partial charge in [-0.25, -0.2) is 0 Å². The third-order valence-corrected chi connectivity index (χ3v) is 10.4. The molecule has 0 bridgehead atoms. The van der Waals surface area contributed by atoms with Gasteiger partial charge in [0.25, 0.3) is 0 Å². The number of para-hydroxylation sites is 2. The molecule has 0 spiro atoms. The summed E-state index contributed by atoms with van der Waals surface area (Å²) >= 11 is 0. The van der Waals surface area contributed by atoms with E-state index in [-0.39, 0.29) is 5.76 Å². The Hall–Kier alpha value is -3.76. The Labute approximate surface area is 181 Å². The summed E-state index contributed by atoms with van der Waals surface area (Å²) in [6, 6.07) is 36.9. The van der Waals surface area contributed by atoms with E-state index in [0.717, 1.165) is 16.3 Å². The summed E-state index contributed by atoms with van der Waals surface area (Å²) in [6.45, 7) is 2.32. The van der Waals surface area contributed by atoms with Gasteiger partial charge in [0.15, 0.2) is 11.8 Å². The highest BCUT2D eigenvalue weighted by Crippen LogP contribution is 2.15. The first-order valence-corrected chi connectivity index (χ1v) is 12.8. The number of hydrogen-bond donors (Lipinski definition) is 0. The molecule has 0 aliphatic carbocycles. The van der Waals surface area contributed by atoms with E-state index >= 15 is 0 Å². The SMILES string of the molecule is C[Si](c1ccccc1)(c1ccccc1)c1cccc2c[n+](-c3ccccc3)c(=O)oc12. The van der Waals surface area contributed by atoms with Crippen LogP contribution in [-0.2, 0) is 0 Å². The molecule has 0 aliphatic heterocycles. The molecule has 0 aliphatic rings. The quantitative estimate of drug-likeness (QED) is 0.254. The van der Waals surface area contributed by atoms with E-state index in [9.17, 15) is 4.79 Å². The predicted molar refractivity (Wildman–Crippen MR) is 127 cm³/mol. The van der Waals surface area contributed by atoms with E-state index in [1.165, 1.54) is 10.4 Å². The van der Waals surface area contributed by atoms with Crippen LogP contribution in [0, 0.1) is 0 Å². The minimum absolute atomic E-state index is 0.386. The highest BCUT2D eigenvalue weighted by Gasteiger charge is 2.37. The van der Waals surface area contributed by atoms with Crippen molar-refractivity contribution in [3.63, 3.8) is 0 Å². The molecule has 4 aromatic carbocycles. The summed E-state index contributed by atoms with van der Waals surface area (Å²) in [7, 11) is -2.40. The summed E-state index contributed by atoms with van der Waals surface area (Å²) in [5.74, 6) is -0.386. The van der Waals surface area contributed by atoms with Gasteiger partial charge in [0, 0.05) is 12.1 Å². The standard InChI is InChI=1S/C27H22NO2Si/c1-31(23-15-7-3-8-16-23,24-17-9-4-10-18-24)25-19-11-12-21-20-28(27(29)30-26(21)25)22-13-5-2-6-14-22/h2-20H,1H3/q+1. The molecule has 150 valence electrons. The van der Waals surface area contributed by atoms with Crippen molar-refractivity contribution in [1.82, 2.24) is 0 Å². The minimum atomic E-state index is -2.40. The molecular formula is C27H22NO2Si+. The van der Waals surface area contributed by atoms with Gasteiger partial charge in [0.05, 0.1) is 5.39 Å². The molecule has 5 rings (SSSR count). The van der Waals surface area contributed by atoms with Crippen LogP contribution in [0.1, 0.15) is 0 Å². The highest BCUT2D eigenvalue weighted by atomic mass is 28.3. The zero-order valence-electron chi connectivity index (χ0n) is 17.2. The smallest absolute Gasteiger partial charge is 0.371 e. The van der Waals surface area contributed by atoms with Gasteiger partial charge < -0.3 is 4.42 Å². The molecule has 5 aromatic rings. The maximum absolute atomic E-state index is 13.0. The largest absolute Gasteiger partial charge is 0.608 e. The van der Waals surface area contributed by atoms with Crippen molar-refractivity contribution in [3.8, 4) is 5.69 Å². The Morgan fingerprint density at radius 1 is 0.677 bits per heavy atom. The average Bonchev–Trinajstić information content (AvgIpc) is 2.84. The molecule has 31 heavy (non-hydrogen) atoms. The Morgan fingerprint density at radius 2 is 1.23 bits per heavy atom. The summed E-state index contributed by atoms with van der Waals surface area (Å²) in [5.41, 5.74) is 1.45. The number of nitrogens with zero attached hydrogens (tertiary/aromatic N) is 1. The van der Waals surface area contributed by atoms with Crippen molar-refractivity contribution in [3.05, 3.63) is 126 Å². The molecule has 1 aromatic heterocycles. The zero-order chi connectivity index (χ0) is 21.3. The third kappa shape index (κ3) is 3.31. The molecular weight excluding hydrogens is 398 g/mol. The molecule has 0 N–H and O–H groups in total. The molecule has 0 saturated heterocycles. The fourth-order valence-corrected chi connectivity index (χ4v) is 8.03. The second-order valence-electron chi connectivity index (χ2n) is 7.78. The summed E-state index contributed by atoms with van der Waals surface area (Å²) < 4.78 is 7.58. The lowest BCUT2D eigenvalue weighted by atomic mass is 10.2. The first-order valence-electron chi connectivity index (χ1n) is 10.3. The van der Waals surface area contributed by atoms with E-state index in [1.807, 2.05) is 54.7 Å². The first kappa shape index (κ1) is 19.2. The number of hydrogen-bond acceptors (Lipinski definition) is 2. The predicted octanol–water partition coefficient (Wildman–Crippen LogP) is 3.17. The molecule has 0 unspecified atom stereocenters. The van der Waals surface area contributed by atoms with Crippen molar-refractivity contribution < 1.29 is 8.98 Å². The van der Waals surface area contributed by atoms with Crippen LogP contribution < -0.4 is 25.9 Å². The molecule has 0 amide bonds. The van der Waals surface area contributed by atoms with Crippen molar-refractivity contribution in [2.75, 3.05) is 0 Å². The molecule has 0 fully saturated rings.